The maximum Gasteiger partial charge on any atom is 0.416 e. The number of halogens is 5. The third-order valence-corrected chi connectivity index (χ3v) is 6.51. The fourth-order valence-electron chi connectivity index (χ4n) is 4.55. The fourth-order valence-corrected chi connectivity index (χ4v) is 4.73. The number of imidazole rings is 1. The molecule has 0 saturated carbocycles. The maximum absolute atomic E-state index is 14.0. The average Bonchev–Trinajstić information content (AvgIpc) is 3.41. The van der Waals surface area contributed by atoms with Crippen LogP contribution in [0.1, 0.15) is 42.4 Å². The first kappa shape index (κ1) is 24.3. The van der Waals surface area contributed by atoms with Gasteiger partial charge >= 0.3 is 12.3 Å². The minimum atomic E-state index is -4.41. The van der Waals surface area contributed by atoms with Gasteiger partial charge in [-0.25, -0.2) is 19.2 Å². The van der Waals surface area contributed by atoms with Crippen molar-refractivity contribution in [3.8, 4) is 5.69 Å². The first-order chi connectivity index (χ1) is 17.0. The van der Waals surface area contributed by atoms with Crippen LogP contribution in [0.25, 0.3) is 5.69 Å². The largest absolute Gasteiger partial charge is 0.447 e. The molecule has 0 aliphatic carbocycles. The summed E-state index contributed by atoms with van der Waals surface area (Å²) in [5.41, 5.74) is 2.08. The van der Waals surface area contributed by atoms with Crippen molar-refractivity contribution in [2.45, 2.75) is 51.1 Å². The van der Waals surface area contributed by atoms with Crippen LogP contribution in [0.15, 0.2) is 30.6 Å². The van der Waals surface area contributed by atoms with E-state index in [-0.39, 0.29) is 23.5 Å². The van der Waals surface area contributed by atoms with Gasteiger partial charge in [0.2, 0.25) is 5.95 Å². The molecule has 1 fully saturated rings. The first-order valence-electron chi connectivity index (χ1n) is 11.2. The van der Waals surface area contributed by atoms with Crippen molar-refractivity contribution in [2.75, 3.05) is 16.8 Å². The molecule has 36 heavy (non-hydrogen) atoms. The highest BCUT2D eigenvalue weighted by Crippen LogP contribution is 2.35. The molecular weight excluding hydrogens is 504 g/mol. The van der Waals surface area contributed by atoms with Gasteiger partial charge in [0.05, 0.1) is 23.6 Å². The van der Waals surface area contributed by atoms with Crippen molar-refractivity contribution in [1.29, 1.82) is 0 Å². The lowest BCUT2D eigenvalue weighted by Gasteiger charge is -2.23. The highest BCUT2D eigenvalue weighted by molar-refractivity contribution is 6.29. The van der Waals surface area contributed by atoms with Crippen molar-refractivity contribution in [3.05, 3.63) is 58.3 Å². The molecule has 1 N–H and O–H groups in total. The van der Waals surface area contributed by atoms with E-state index in [1.807, 2.05) is 6.92 Å². The number of nitrogens with zero attached hydrogens (tertiary/aromatic N) is 5. The van der Waals surface area contributed by atoms with Crippen LogP contribution in [0, 0.1) is 0 Å². The molecule has 2 aliphatic rings. The molecule has 3 aromatic rings. The Hall–Kier alpha value is -3.41. The van der Waals surface area contributed by atoms with Gasteiger partial charge in [0.15, 0.2) is 0 Å². The summed E-state index contributed by atoms with van der Waals surface area (Å²) in [5.74, 6) is 0.200. The molecule has 190 valence electrons. The first-order valence-corrected chi connectivity index (χ1v) is 11.6. The lowest BCUT2D eigenvalue weighted by molar-refractivity contribution is -0.137. The summed E-state index contributed by atoms with van der Waals surface area (Å²) < 4.78 is 60.1. The maximum atomic E-state index is 14.0. The number of rotatable bonds is 5. The predicted molar refractivity (Wildman–Crippen MR) is 123 cm³/mol. The van der Waals surface area contributed by atoms with Crippen molar-refractivity contribution >= 4 is 29.5 Å². The van der Waals surface area contributed by atoms with E-state index in [2.05, 4.69) is 20.3 Å². The van der Waals surface area contributed by atoms with E-state index in [0.717, 1.165) is 16.7 Å². The summed E-state index contributed by atoms with van der Waals surface area (Å²) >= 11 is 6.16. The van der Waals surface area contributed by atoms with E-state index in [9.17, 15) is 22.4 Å². The van der Waals surface area contributed by atoms with Crippen molar-refractivity contribution in [3.63, 3.8) is 0 Å². The third-order valence-electron chi connectivity index (χ3n) is 6.32. The number of aromatic nitrogens is 4. The quantitative estimate of drug-likeness (QED) is 0.361. The van der Waals surface area contributed by atoms with Crippen LogP contribution < -0.4 is 10.2 Å². The van der Waals surface area contributed by atoms with Crippen LogP contribution in [0.4, 0.5) is 34.1 Å². The van der Waals surface area contributed by atoms with E-state index >= 15 is 0 Å². The van der Waals surface area contributed by atoms with Crippen molar-refractivity contribution in [2.24, 2.45) is 0 Å². The SMILES string of the molecule is C[C@H](Nc1nc(Cl)cc(N2C(=O)OCC2[C@H](C)F)n1)c1ncn2c1CCc1cc(C(F)(F)F)ccc1-2. The van der Waals surface area contributed by atoms with Crippen LogP contribution in [0.3, 0.4) is 0 Å². The van der Waals surface area contributed by atoms with Gasteiger partial charge in [-0.15, -0.1) is 0 Å². The fraction of sp³-hybridized carbons (Fsp3) is 0.391. The Labute approximate surface area is 208 Å². The summed E-state index contributed by atoms with van der Waals surface area (Å²) in [6.45, 7) is 3.05. The van der Waals surface area contributed by atoms with Crippen LogP contribution in [0.2, 0.25) is 5.15 Å². The van der Waals surface area contributed by atoms with Gasteiger partial charge in [0.1, 0.15) is 29.8 Å². The number of cyclic esters (lactones) is 1. The Bertz CT molecular complexity index is 1330. The Kier molecular flexibility index (Phi) is 6.01. The molecule has 1 aromatic carbocycles. The van der Waals surface area contributed by atoms with Crippen LogP contribution >= 0.6 is 11.6 Å². The average molecular weight is 525 g/mol. The van der Waals surface area contributed by atoms with Gasteiger partial charge in [-0.2, -0.15) is 18.2 Å². The molecule has 0 bridgehead atoms. The molecule has 5 rings (SSSR count). The summed E-state index contributed by atoms with van der Waals surface area (Å²) in [6.07, 6.45) is -3.99. The van der Waals surface area contributed by atoms with Crippen molar-refractivity contribution < 1.29 is 27.1 Å². The summed E-state index contributed by atoms with van der Waals surface area (Å²) in [4.78, 5) is 26.3. The van der Waals surface area contributed by atoms with Gasteiger partial charge < -0.3 is 14.6 Å². The Morgan fingerprint density at radius 3 is 2.69 bits per heavy atom. The van der Waals surface area contributed by atoms with Gasteiger partial charge in [-0.3, -0.25) is 4.90 Å². The molecular formula is C23H21ClF4N6O2. The third kappa shape index (κ3) is 4.34. The lowest BCUT2D eigenvalue weighted by atomic mass is 9.97. The van der Waals surface area contributed by atoms with E-state index in [4.69, 9.17) is 16.3 Å². The second-order valence-electron chi connectivity index (χ2n) is 8.72. The number of alkyl halides is 4. The molecule has 1 unspecified atom stereocenters. The van der Waals surface area contributed by atoms with Crippen LogP contribution in [-0.4, -0.2) is 44.4 Å². The molecule has 0 radical (unpaired) electrons. The molecule has 1 amide bonds. The van der Waals surface area contributed by atoms with E-state index in [1.54, 1.807) is 10.9 Å². The summed E-state index contributed by atoms with van der Waals surface area (Å²) in [6, 6.07) is 3.79. The number of hydrogen-bond donors (Lipinski definition) is 1. The topological polar surface area (TPSA) is 85.2 Å². The zero-order valence-corrected chi connectivity index (χ0v) is 19.9. The second kappa shape index (κ2) is 8.91. The minimum Gasteiger partial charge on any atom is -0.447 e. The standard InChI is InChI=1S/C23H21ClF4N6O2/c1-11(25)17-9-36-22(35)34(17)19-8-18(24)31-21(32-19)30-12(2)20-16-5-3-13-7-14(23(26,27)28)4-6-15(13)33(16)10-29-20/h4,6-8,10-12,17H,3,5,9H2,1-2H3,(H,30,31,32)/t11-,12-,17?/m0/s1. The Morgan fingerprint density at radius 2 is 1.97 bits per heavy atom. The number of amides is 1. The monoisotopic (exact) mass is 524 g/mol. The number of hydrogen-bond acceptors (Lipinski definition) is 6. The molecule has 0 spiro atoms. The smallest absolute Gasteiger partial charge is 0.416 e. The van der Waals surface area contributed by atoms with E-state index in [0.29, 0.717) is 29.8 Å². The number of fused-ring (bicyclic) bond motifs is 3. The highest BCUT2D eigenvalue weighted by Gasteiger charge is 2.39. The number of carbonyl (C=O) groups is 1. The molecule has 4 heterocycles. The normalized spacial score (nSPS) is 18.9. The minimum absolute atomic E-state index is 0.0425. The van der Waals surface area contributed by atoms with Gasteiger partial charge in [0.25, 0.3) is 0 Å². The van der Waals surface area contributed by atoms with Crippen LogP contribution in [0.5, 0.6) is 0 Å². The number of carbonyl (C=O) groups excluding carboxylic acids is 1. The highest BCUT2D eigenvalue weighted by atomic mass is 35.5. The Morgan fingerprint density at radius 1 is 1.19 bits per heavy atom. The Balaban J connectivity index is 1.41. The number of anilines is 2. The molecule has 2 aliphatic heterocycles. The number of ether oxygens (including phenoxy) is 1. The number of nitrogens with one attached hydrogen (secondary N) is 1. The summed E-state index contributed by atoms with van der Waals surface area (Å²) in [5, 5.41) is 3.15. The molecule has 3 atom stereocenters. The second-order valence-corrected chi connectivity index (χ2v) is 9.11. The molecule has 1 saturated heterocycles. The van der Waals surface area contributed by atoms with Crippen LogP contribution in [-0.2, 0) is 23.8 Å². The molecule has 8 nitrogen and oxygen atoms in total. The van der Waals surface area contributed by atoms with Crippen molar-refractivity contribution in [1.82, 2.24) is 19.5 Å². The van der Waals surface area contributed by atoms with Gasteiger partial charge in [-0.1, -0.05) is 11.6 Å². The summed E-state index contributed by atoms with van der Waals surface area (Å²) in [7, 11) is 0. The van der Waals surface area contributed by atoms with Gasteiger partial charge in [-0.05, 0) is 50.5 Å². The zero-order valence-electron chi connectivity index (χ0n) is 19.2. The molecule has 2 aromatic heterocycles. The van der Waals surface area contributed by atoms with E-state index in [1.165, 1.54) is 25.1 Å². The lowest BCUT2D eigenvalue weighted by Crippen LogP contribution is -2.39. The number of aryl methyl sites for hydroxylation is 1. The predicted octanol–water partition coefficient (Wildman–Crippen LogP) is 5.29. The van der Waals surface area contributed by atoms with Gasteiger partial charge in [0, 0.05) is 17.4 Å². The van der Waals surface area contributed by atoms with E-state index < -0.39 is 36.1 Å². The zero-order chi connectivity index (χ0) is 25.8. The number of benzene rings is 1. The molecule has 13 heteroatoms.